The molecule has 2 fully saturated rings. The molecule has 0 radical (unpaired) electrons. The van der Waals surface area contributed by atoms with E-state index in [9.17, 15) is 0 Å². The number of aromatic nitrogens is 2. The molecule has 0 bridgehead atoms. The normalized spacial score (nSPS) is 31.8. The predicted molar refractivity (Wildman–Crippen MR) is 45.9 cm³/mol. The molecule has 1 aliphatic carbocycles. The van der Waals surface area contributed by atoms with Crippen LogP contribution in [0.4, 0.5) is 5.95 Å². The van der Waals surface area contributed by atoms with Gasteiger partial charge in [0.2, 0.25) is 5.95 Å². The highest BCUT2D eigenvalue weighted by Crippen LogP contribution is 2.45. The number of fused-ring (bicyclic) bond motifs is 1. The van der Waals surface area contributed by atoms with Gasteiger partial charge in [0, 0.05) is 25.0 Å². The van der Waals surface area contributed by atoms with Crippen LogP contribution in [0.25, 0.3) is 0 Å². The van der Waals surface area contributed by atoms with Gasteiger partial charge in [0.15, 0.2) is 0 Å². The van der Waals surface area contributed by atoms with Gasteiger partial charge in [-0.25, -0.2) is 9.97 Å². The van der Waals surface area contributed by atoms with E-state index in [-0.39, 0.29) is 0 Å². The van der Waals surface area contributed by atoms with Gasteiger partial charge in [-0.3, -0.25) is 0 Å². The number of hydrogen-bond donors (Lipinski definition) is 0. The van der Waals surface area contributed by atoms with Crippen LogP contribution in [-0.4, -0.2) is 22.6 Å². The molecule has 12 heavy (non-hydrogen) atoms. The zero-order valence-electron chi connectivity index (χ0n) is 6.85. The van der Waals surface area contributed by atoms with Crippen molar-refractivity contribution in [3.05, 3.63) is 18.5 Å². The van der Waals surface area contributed by atoms with Crippen molar-refractivity contribution in [1.82, 2.24) is 9.97 Å². The monoisotopic (exact) mass is 161 g/mol. The predicted octanol–water partition coefficient (Wildman–Crippen LogP) is 1.08. The van der Waals surface area contributed by atoms with Gasteiger partial charge in [0.1, 0.15) is 0 Å². The van der Waals surface area contributed by atoms with E-state index in [1.54, 1.807) is 0 Å². The summed E-state index contributed by atoms with van der Waals surface area (Å²) in [6.45, 7) is 1.15. The Labute approximate surface area is 71.4 Å². The first kappa shape index (κ1) is 6.40. The Morgan fingerprint density at radius 2 is 2.17 bits per heavy atom. The topological polar surface area (TPSA) is 29.0 Å². The van der Waals surface area contributed by atoms with Crippen LogP contribution in [0.5, 0.6) is 0 Å². The Kier molecular flexibility index (Phi) is 1.17. The van der Waals surface area contributed by atoms with Gasteiger partial charge < -0.3 is 4.90 Å². The van der Waals surface area contributed by atoms with E-state index in [1.165, 1.54) is 12.8 Å². The minimum absolute atomic E-state index is 0.771. The minimum atomic E-state index is 0.771. The van der Waals surface area contributed by atoms with E-state index in [0.29, 0.717) is 0 Å². The number of hydrogen-bond acceptors (Lipinski definition) is 3. The lowest BCUT2D eigenvalue weighted by Crippen LogP contribution is -2.24. The summed E-state index contributed by atoms with van der Waals surface area (Å²) < 4.78 is 0. The molecule has 3 rings (SSSR count). The number of piperidine rings is 1. The highest BCUT2D eigenvalue weighted by atomic mass is 15.3. The molecule has 62 valence electrons. The van der Waals surface area contributed by atoms with Crippen molar-refractivity contribution in [2.24, 2.45) is 5.92 Å². The van der Waals surface area contributed by atoms with E-state index in [2.05, 4.69) is 14.9 Å². The highest BCUT2D eigenvalue weighted by molar-refractivity contribution is 5.37. The Balaban J connectivity index is 1.89. The van der Waals surface area contributed by atoms with Gasteiger partial charge in [-0.15, -0.1) is 0 Å². The van der Waals surface area contributed by atoms with E-state index in [0.717, 1.165) is 24.5 Å². The van der Waals surface area contributed by atoms with Crippen molar-refractivity contribution in [3.8, 4) is 0 Å². The molecule has 1 aromatic rings. The third-order valence-electron chi connectivity index (χ3n) is 2.84. The van der Waals surface area contributed by atoms with E-state index in [4.69, 9.17) is 0 Å². The summed E-state index contributed by atoms with van der Waals surface area (Å²) in [5, 5.41) is 0. The Hall–Kier alpha value is -1.12. The first-order valence-corrected chi connectivity index (χ1v) is 4.49. The molecule has 2 aliphatic rings. The summed E-state index contributed by atoms with van der Waals surface area (Å²) in [6.07, 6.45) is 6.33. The van der Waals surface area contributed by atoms with Gasteiger partial charge in [0.05, 0.1) is 0 Å². The molecule has 3 nitrogen and oxygen atoms in total. The molecule has 2 atom stereocenters. The minimum Gasteiger partial charge on any atom is -0.338 e. The molecule has 1 saturated heterocycles. The van der Waals surface area contributed by atoms with Crippen LogP contribution in [0, 0.1) is 5.92 Å². The highest BCUT2D eigenvalue weighted by Gasteiger charge is 2.47. The van der Waals surface area contributed by atoms with Crippen LogP contribution in [0.2, 0.25) is 0 Å². The lowest BCUT2D eigenvalue weighted by atomic mass is 10.3. The summed E-state index contributed by atoms with van der Waals surface area (Å²) in [5.74, 6) is 1.87. The summed E-state index contributed by atoms with van der Waals surface area (Å²) in [5.41, 5.74) is 0. The molecule has 1 saturated carbocycles. The van der Waals surface area contributed by atoms with Crippen molar-refractivity contribution in [2.75, 3.05) is 11.4 Å². The molecular weight excluding hydrogens is 150 g/mol. The molecule has 0 N–H and O–H groups in total. The number of nitrogens with zero attached hydrogens (tertiary/aromatic N) is 3. The number of rotatable bonds is 1. The quantitative estimate of drug-likeness (QED) is 0.617. The second-order valence-electron chi connectivity index (χ2n) is 3.59. The first-order valence-electron chi connectivity index (χ1n) is 4.49. The summed E-state index contributed by atoms with van der Waals surface area (Å²) in [6, 6.07) is 2.64. The summed E-state index contributed by atoms with van der Waals surface area (Å²) in [4.78, 5) is 10.8. The van der Waals surface area contributed by atoms with Crippen LogP contribution < -0.4 is 4.90 Å². The fourth-order valence-electron chi connectivity index (χ4n) is 2.08. The lowest BCUT2D eigenvalue weighted by molar-refractivity contribution is 0.782. The second kappa shape index (κ2) is 2.19. The summed E-state index contributed by atoms with van der Waals surface area (Å²) >= 11 is 0. The maximum atomic E-state index is 4.25. The maximum Gasteiger partial charge on any atom is 0.225 e. The first-order chi connectivity index (χ1) is 5.95. The van der Waals surface area contributed by atoms with Crippen LogP contribution in [0.3, 0.4) is 0 Å². The van der Waals surface area contributed by atoms with Gasteiger partial charge in [-0.1, -0.05) is 0 Å². The van der Waals surface area contributed by atoms with E-state index < -0.39 is 0 Å². The summed E-state index contributed by atoms with van der Waals surface area (Å²) in [7, 11) is 0. The largest absolute Gasteiger partial charge is 0.338 e. The zero-order chi connectivity index (χ0) is 7.97. The van der Waals surface area contributed by atoms with Crippen molar-refractivity contribution in [3.63, 3.8) is 0 Å². The Morgan fingerprint density at radius 3 is 2.75 bits per heavy atom. The molecule has 3 heteroatoms. The van der Waals surface area contributed by atoms with Gasteiger partial charge in [-0.05, 0) is 24.8 Å². The average molecular weight is 161 g/mol. The SMILES string of the molecule is c1cnc(N2CCC3CC32)nc1. The van der Waals surface area contributed by atoms with E-state index in [1.807, 2.05) is 18.5 Å². The van der Waals surface area contributed by atoms with Crippen molar-refractivity contribution in [2.45, 2.75) is 18.9 Å². The lowest BCUT2D eigenvalue weighted by Gasteiger charge is -2.16. The van der Waals surface area contributed by atoms with Crippen molar-refractivity contribution in [1.29, 1.82) is 0 Å². The average Bonchev–Trinajstić information content (AvgIpc) is 2.80. The van der Waals surface area contributed by atoms with Crippen LogP contribution in [0.15, 0.2) is 18.5 Å². The molecular formula is C9H11N3. The van der Waals surface area contributed by atoms with Crippen LogP contribution in [-0.2, 0) is 0 Å². The molecule has 2 heterocycles. The third-order valence-corrected chi connectivity index (χ3v) is 2.84. The fraction of sp³-hybridized carbons (Fsp3) is 0.556. The smallest absolute Gasteiger partial charge is 0.225 e. The Morgan fingerprint density at radius 1 is 1.33 bits per heavy atom. The molecule has 0 spiro atoms. The molecule has 0 aromatic carbocycles. The van der Waals surface area contributed by atoms with Gasteiger partial charge in [0.25, 0.3) is 0 Å². The van der Waals surface area contributed by atoms with Crippen LogP contribution in [0.1, 0.15) is 12.8 Å². The molecule has 1 aliphatic heterocycles. The maximum absolute atomic E-state index is 4.25. The van der Waals surface area contributed by atoms with Gasteiger partial charge in [-0.2, -0.15) is 0 Å². The van der Waals surface area contributed by atoms with Crippen molar-refractivity contribution < 1.29 is 0 Å². The van der Waals surface area contributed by atoms with Crippen LogP contribution >= 0.6 is 0 Å². The van der Waals surface area contributed by atoms with Crippen molar-refractivity contribution >= 4 is 5.95 Å². The molecule has 0 amide bonds. The molecule has 2 unspecified atom stereocenters. The standard InChI is InChI=1S/C9H11N3/c1-3-10-9(11-4-1)12-5-2-7-6-8(7)12/h1,3-4,7-8H,2,5-6H2. The zero-order valence-corrected chi connectivity index (χ0v) is 6.85. The fourth-order valence-corrected chi connectivity index (χ4v) is 2.08. The third kappa shape index (κ3) is 0.823. The van der Waals surface area contributed by atoms with E-state index >= 15 is 0 Å². The molecule has 1 aromatic heterocycles. The van der Waals surface area contributed by atoms with Gasteiger partial charge >= 0.3 is 0 Å². The second-order valence-corrected chi connectivity index (χ2v) is 3.59. The number of anilines is 1. The Bertz CT molecular complexity index is 285.